The summed E-state index contributed by atoms with van der Waals surface area (Å²) in [5.41, 5.74) is 7.61. The van der Waals surface area contributed by atoms with Crippen molar-refractivity contribution >= 4 is 58.5 Å². The first-order valence-electron chi connectivity index (χ1n) is 17.3. The SMILES string of the molecule is Cl.O=C(c1cc(-c2ccccc2C(=O)N2Cc3cccc(Cl)c3C[C@H]2CN2CCOCC2)n2c1CCCC2)N(c1ccc(O)cc1)c1ccsc1. The number of nitrogens with zero attached hydrogens (tertiary/aromatic N) is 4. The van der Waals surface area contributed by atoms with Gasteiger partial charge in [-0.2, -0.15) is 11.3 Å². The fraction of sp³-hybridized carbons (Fsp3) is 0.300. The lowest BCUT2D eigenvalue weighted by molar-refractivity contribution is 0.0193. The molecule has 0 unspecified atom stereocenters. The number of ether oxygens (including phenoxy) is 1. The zero-order valence-electron chi connectivity index (χ0n) is 28.2. The zero-order chi connectivity index (χ0) is 34.2. The van der Waals surface area contributed by atoms with E-state index in [4.69, 9.17) is 16.3 Å². The minimum atomic E-state index is -0.134. The van der Waals surface area contributed by atoms with Crippen LogP contribution in [0.5, 0.6) is 5.75 Å². The molecule has 1 fully saturated rings. The average molecular weight is 744 g/mol. The first-order chi connectivity index (χ1) is 24.5. The van der Waals surface area contributed by atoms with Crippen molar-refractivity contribution in [2.24, 2.45) is 0 Å². The number of phenols is 1. The quantitative estimate of drug-likeness (QED) is 0.182. The molecule has 3 aliphatic rings. The number of thiophene rings is 1. The number of morpholine rings is 1. The highest BCUT2D eigenvalue weighted by atomic mass is 35.5. The second-order valence-corrected chi connectivity index (χ2v) is 14.5. The Balaban J connectivity index is 0.00000406. The van der Waals surface area contributed by atoms with Gasteiger partial charge in [0.05, 0.1) is 24.5 Å². The molecule has 11 heteroatoms. The third-order valence-electron chi connectivity index (χ3n) is 10.3. The number of rotatable bonds is 7. The summed E-state index contributed by atoms with van der Waals surface area (Å²) in [4.78, 5) is 35.6. The number of carbonyl (C=O) groups excluding carboxylic acids is 2. The average Bonchev–Trinajstić information content (AvgIpc) is 3.82. The summed E-state index contributed by atoms with van der Waals surface area (Å²) >= 11 is 8.24. The Morgan fingerprint density at radius 1 is 0.922 bits per heavy atom. The molecule has 2 aromatic heterocycles. The van der Waals surface area contributed by atoms with Gasteiger partial charge in [0.25, 0.3) is 11.8 Å². The van der Waals surface area contributed by atoms with E-state index in [1.165, 1.54) is 11.3 Å². The lowest BCUT2D eigenvalue weighted by Gasteiger charge is -2.41. The molecule has 8 nitrogen and oxygen atoms in total. The maximum atomic E-state index is 14.9. The number of amides is 2. The summed E-state index contributed by atoms with van der Waals surface area (Å²) in [7, 11) is 0. The van der Waals surface area contributed by atoms with E-state index < -0.39 is 0 Å². The van der Waals surface area contributed by atoms with Gasteiger partial charge in [0.1, 0.15) is 5.75 Å². The number of benzene rings is 3. The fourth-order valence-corrected chi connectivity index (χ4v) is 8.63. The van der Waals surface area contributed by atoms with E-state index in [1.807, 2.05) is 64.2 Å². The molecule has 0 bridgehead atoms. The second-order valence-electron chi connectivity index (χ2n) is 13.3. The normalized spacial score (nSPS) is 17.3. The Morgan fingerprint density at radius 2 is 1.73 bits per heavy atom. The minimum absolute atomic E-state index is 0. The number of hydrogen-bond acceptors (Lipinski definition) is 6. The number of aromatic hydroxyl groups is 1. The molecular weight excluding hydrogens is 703 g/mol. The van der Waals surface area contributed by atoms with E-state index >= 15 is 0 Å². The predicted molar refractivity (Wildman–Crippen MR) is 205 cm³/mol. The Labute approximate surface area is 313 Å². The van der Waals surface area contributed by atoms with Crippen molar-refractivity contribution in [3.05, 3.63) is 123 Å². The molecule has 0 radical (unpaired) electrons. The molecule has 1 saturated heterocycles. The van der Waals surface area contributed by atoms with Gasteiger partial charge in [-0.1, -0.05) is 41.9 Å². The van der Waals surface area contributed by atoms with Crippen LogP contribution in [-0.4, -0.2) is 70.2 Å². The molecule has 0 spiro atoms. The van der Waals surface area contributed by atoms with Gasteiger partial charge in [0.15, 0.2) is 0 Å². The zero-order valence-corrected chi connectivity index (χ0v) is 30.6. The Bertz CT molecular complexity index is 2020. The third-order valence-corrected chi connectivity index (χ3v) is 11.3. The van der Waals surface area contributed by atoms with Crippen LogP contribution >= 0.6 is 35.3 Å². The van der Waals surface area contributed by atoms with E-state index in [1.54, 1.807) is 29.2 Å². The van der Waals surface area contributed by atoms with Crippen LogP contribution in [-0.2, 0) is 30.7 Å². The molecule has 51 heavy (non-hydrogen) atoms. The van der Waals surface area contributed by atoms with Crippen LogP contribution in [0.4, 0.5) is 11.4 Å². The van der Waals surface area contributed by atoms with Crippen molar-refractivity contribution in [2.45, 2.75) is 44.8 Å². The topological polar surface area (TPSA) is 78.3 Å². The molecule has 0 aliphatic carbocycles. The van der Waals surface area contributed by atoms with Crippen LogP contribution in [0.3, 0.4) is 0 Å². The Morgan fingerprint density at radius 3 is 2.51 bits per heavy atom. The molecule has 2 amide bonds. The van der Waals surface area contributed by atoms with Gasteiger partial charge in [-0.15, -0.1) is 12.4 Å². The highest BCUT2D eigenvalue weighted by Gasteiger charge is 2.35. The molecule has 5 aromatic rings. The van der Waals surface area contributed by atoms with E-state index in [9.17, 15) is 14.7 Å². The minimum Gasteiger partial charge on any atom is -0.508 e. The maximum Gasteiger partial charge on any atom is 0.264 e. The van der Waals surface area contributed by atoms with Crippen molar-refractivity contribution in [1.82, 2.24) is 14.4 Å². The monoisotopic (exact) mass is 742 g/mol. The van der Waals surface area contributed by atoms with Crippen LogP contribution in [0.15, 0.2) is 89.6 Å². The van der Waals surface area contributed by atoms with Crippen LogP contribution < -0.4 is 4.90 Å². The number of anilines is 2. The number of fused-ring (bicyclic) bond motifs is 2. The summed E-state index contributed by atoms with van der Waals surface area (Å²) in [5, 5.41) is 14.7. The summed E-state index contributed by atoms with van der Waals surface area (Å²) in [6, 6.07) is 24.4. The van der Waals surface area contributed by atoms with E-state index in [0.717, 1.165) is 84.2 Å². The first kappa shape index (κ1) is 35.3. The summed E-state index contributed by atoms with van der Waals surface area (Å²) < 4.78 is 7.87. The van der Waals surface area contributed by atoms with Crippen molar-refractivity contribution in [3.63, 3.8) is 0 Å². The highest BCUT2D eigenvalue weighted by Crippen LogP contribution is 2.38. The van der Waals surface area contributed by atoms with Crippen LogP contribution in [0.25, 0.3) is 11.3 Å². The highest BCUT2D eigenvalue weighted by molar-refractivity contribution is 7.08. The van der Waals surface area contributed by atoms with Gasteiger partial charge >= 0.3 is 0 Å². The molecule has 8 rings (SSSR count). The molecule has 264 valence electrons. The maximum absolute atomic E-state index is 14.9. The summed E-state index contributed by atoms with van der Waals surface area (Å²) in [5.74, 6) is -0.0126. The van der Waals surface area contributed by atoms with Crippen LogP contribution in [0.2, 0.25) is 5.02 Å². The number of phenolic OH excluding ortho intramolecular Hbond substituents is 1. The van der Waals surface area contributed by atoms with Crippen molar-refractivity contribution in [1.29, 1.82) is 0 Å². The largest absolute Gasteiger partial charge is 0.508 e. The van der Waals surface area contributed by atoms with Gasteiger partial charge in [-0.05, 0) is 90.7 Å². The number of aromatic nitrogens is 1. The molecular formula is C40H40Cl2N4O4S. The lowest BCUT2D eigenvalue weighted by Crippen LogP contribution is -2.52. The number of hydrogen-bond donors (Lipinski definition) is 1. The molecule has 3 aliphatic heterocycles. The van der Waals surface area contributed by atoms with Crippen LogP contribution in [0, 0.1) is 0 Å². The van der Waals surface area contributed by atoms with Gasteiger partial charge < -0.3 is 19.3 Å². The first-order valence-corrected chi connectivity index (χ1v) is 18.6. The molecule has 1 atom stereocenters. The van der Waals surface area contributed by atoms with Gasteiger partial charge in [0.2, 0.25) is 0 Å². The molecule has 0 saturated carbocycles. The third kappa shape index (κ3) is 6.93. The molecule has 5 heterocycles. The van der Waals surface area contributed by atoms with Gasteiger partial charge in [-0.3, -0.25) is 19.4 Å². The Hall–Kier alpha value is -4.12. The van der Waals surface area contributed by atoms with E-state index in [0.29, 0.717) is 43.0 Å². The smallest absolute Gasteiger partial charge is 0.264 e. The Kier molecular flexibility index (Phi) is 10.5. The summed E-state index contributed by atoms with van der Waals surface area (Å²) in [6.07, 6.45) is 3.45. The van der Waals surface area contributed by atoms with Crippen molar-refractivity contribution in [3.8, 4) is 17.0 Å². The van der Waals surface area contributed by atoms with Crippen LogP contribution in [0.1, 0.15) is 50.4 Å². The standard InChI is InChI=1S/C40H39ClN4O4S.ClH/c41-36-9-5-6-27-24-44(30(22-34(27)36)25-42-17-19-49-20-18-42)39(47)33-8-2-1-7-32(33)38-23-35(37-10-3-4-16-43(37)38)40(48)45(29-15-21-50-26-29)28-11-13-31(46)14-12-28;/h1-2,5-9,11-15,21,23,26,30,46H,3-4,10,16-20,22,24-25H2;1H/t30-;/m0./s1. The fourth-order valence-electron chi connectivity index (χ4n) is 7.74. The molecule has 1 N–H and O–H groups in total. The lowest BCUT2D eigenvalue weighted by atomic mass is 9.92. The van der Waals surface area contributed by atoms with Crippen molar-refractivity contribution in [2.75, 3.05) is 37.7 Å². The summed E-state index contributed by atoms with van der Waals surface area (Å²) in [6.45, 7) is 5.06. The second kappa shape index (κ2) is 15.2. The predicted octanol–water partition coefficient (Wildman–Crippen LogP) is 8.21. The van der Waals surface area contributed by atoms with Gasteiger partial charge in [-0.25, -0.2) is 0 Å². The number of carbonyl (C=O) groups is 2. The van der Waals surface area contributed by atoms with Crippen molar-refractivity contribution < 1.29 is 19.4 Å². The molecule has 3 aromatic carbocycles. The van der Waals surface area contributed by atoms with Gasteiger partial charge in [0, 0.05) is 77.4 Å². The van der Waals surface area contributed by atoms with E-state index in [2.05, 4.69) is 15.5 Å². The number of halogens is 2. The van der Waals surface area contributed by atoms with E-state index in [-0.39, 0.29) is 36.0 Å².